The number of quaternary nitrogens is 1. The third-order valence-corrected chi connectivity index (χ3v) is 5.52. The van der Waals surface area contributed by atoms with Gasteiger partial charge in [0, 0.05) is 6.61 Å². The number of hydrogen-bond acceptors (Lipinski definition) is 4. The molecule has 1 N–H and O–H groups in total. The number of benzene rings is 1. The van der Waals surface area contributed by atoms with Gasteiger partial charge in [-0.3, -0.25) is 0 Å². The second-order valence-electron chi connectivity index (χ2n) is 8.44. The van der Waals surface area contributed by atoms with Gasteiger partial charge in [0.05, 0.1) is 33.4 Å². The molecule has 146 valence electrons. The lowest BCUT2D eigenvalue weighted by Crippen LogP contribution is -2.69. The Kier molecular flexibility index (Phi) is 6.36. The molecule has 2 aliphatic heterocycles. The van der Waals surface area contributed by atoms with Crippen LogP contribution in [-0.2, 0) is 14.2 Å². The van der Waals surface area contributed by atoms with Crippen LogP contribution in [0.3, 0.4) is 0 Å². The highest BCUT2D eigenvalue weighted by molar-refractivity contribution is 5.18. The van der Waals surface area contributed by atoms with Crippen molar-refractivity contribution in [3.05, 3.63) is 35.9 Å². The van der Waals surface area contributed by atoms with Gasteiger partial charge in [-0.15, -0.1) is 0 Å². The molecule has 2 heterocycles. The fraction of sp³-hybridized carbons (Fsp3) is 0.714. The van der Waals surface area contributed by atoms with Crippen LogP contribution in [0.1, 0.15) is 44.3 Å². The highest BCUT2D eigenvalue weighted by Crippen LogP contribution is 2.39. The standard InChI is InChI=1S/C21H34NO4/c1-5-6-14-24-21-18(22(2,3)4)19(23)20-17(26-21)13-12-16(25-20)15-10-8-7-9-11-15/h7-11,16-21,23H,5-6,12-14H2,1-4H3/q+1/t16-,17-,18-,19+,20+,21-/m0/s1. The minimum atomic E-state index is -0.619. The number of rotatable bonds is 6. The second kappa shape index (κ2) is 8.36. The van der Waals surface area contributed by atoms with E-state index in [4.69, 9.17) is 14.2 Å². The smallest absolute Gasteiger partial charge is 0.213 e. The number of fused-ring (bicyclic) bond motifs is 1. The lowest BCUT2D eigenvalue weighted by atomic mass is 9.88. The maximum atomic E-state index is 11.2. The lowest BCUT2D eigenvalue weighted by Gasteiger charge is -2.51. The van der Waals surface area contributed by atoms with Crippen LogP contribution in [0.5, 0.6) is 0 Å². The predicted octanol–water partition coefficient (Wildman–Crippen LogP) is 2.88. The van der Waals surface area contributed by atoms with Crippen LogP contribution in [0.2, 0.25) is 0 Å². The van der Waals surface area contributed by atoms with Crippen LogP contribution in [-0.4, -0.2) is 68.0 Å². The van der Waals surface area contributed by atoms with Crippen LogP contribution in [0.4, 0.5) is 0 Å². The lowest BCUT2D eigenvalue weighted by molar-refractivity contribution is -0.910. The number of nitrogens with zero attached hydrogens (tertiary/aromatic N) is 1. The van der Waals surface area contributed by atoms with Gasteiger partial charge in [0.25, 0.3) is 0 Å². The van der Waals surface area contributed by atoms with Crippen molar-refractivity contribution in [2.24, 2.45) is 0 Å². The second-order valence-corrected chi connectivity index (χ2v) is 8.44. The van der Waals surface area contributed by atoms with E-state index in [-0.39, 0.29) is 24.4 Å². The maximum Gasteiger partial charge on any atom is 0.213 e. The van der Waals surface area contributed by atoms with Gasteiger partial charge in [0.1, 0.15) is 12.2 Å². The van der Waals surface area contributed by atoms with Crippen LogP contribution in [0.15, 0.2) is 30.3 Å². The van der Waals surface area contributed by atoms with Gasteiger partial charge >= 0.3 is 0 Å². The molecule has 0 unspecified atom stereocenters. The summed E-state index contributed by atoms with van der Waals surface area (Å²) in [5, 5.41) is 11.2. The first-order valence-corrected chi connectivity index (χ1v) is 9.88. The summed E-state index contributed by atoms with van der Waals surface area (Å²) in [7, 11) is 6.22. The summed E-state index contributed by atoms with van der Waals surface area (Å²) in [6, 6.07) is 10.1. The molecule has 0 radical (unpaired) electrons. The number of likely N-dealkylation sites (N-methyl/N-ethyl adjacent to an activating group) is 1. The van der Waals surface area contributed by atoms with E-state index in [1.165, 1.54) is 5.56 Å². The third kappa shape index (κ3) is 4.29. The monoisotopic (exact) mass is 364 g/mol. The highest BCUT2D eigenvalue weighted by atomic mass is 16.7. The first-order valence-electron chi connectivity index (χ1n) is 9.88. The van der Waals surface area contributed by atoms with Gasteiger partial charge < -0.3 is 23.8 Å². The van der Waals surface area contributed by atoms with Crippen LogP contribution in [0, 0.1) is 0 Å². The topological polar surface area (TPSA) is 47.9 Å². The molecule has 2 saturated heterocycles. The molecule has 0 aliphatic carbocycles. The summed E-state index contributed by atoms with van der Waals surface area (Å²) < 4.78 is 19.3. The largest absolute Gasteiger partial charge is 0.384 e. The average Bonchev–Trinajstić information content (AvgIpc) is 2.61. The number of ether oxygens (including phenoxy) is 3. The SMILES string of the molecule is CCCCO[C@H]1O[C@H]2CC[C@@H](c3ccccc3)O[C@H]2[C@H](O)[C@@H]1[N+](C)(C)C. The Labute approximate surface area is 157 Å². The molecule has 0 saturated carbocycles. The number of aliphatic hydroxyl groups excluding tert-OH is 1. The fourth-order valence-electron chi connectivity index (χ4n) is 4.10. The number of unbranched alkanes of at least 4 members (excludes halogenated alkanes) is 1. The van der Waals surface area contributed by atoms with Crippen molar-refractivity contribution in [2.45, 2.75) is 69.4 Å². The molecule has 1 aromatic rings. The minimum absolute atomic E-state index is 0.0152. The first-order chi connectivity index (χ1) is 12.4. The molecule has 6 atom stereocenters. The van der Waals surface area contributed by atoms with Crippen molar-refractivity contribution in [2.75, 3.05) is 27.7 Å². The molecule has 0 spiro atoms. The zero-order chi connectivity index (χ0) is 18.7. The molecular weight excluding hydrogens is 330 g/mol. The van der Waals surface area contributed by atoms with Crippen molar-refractivity contribution in [3.63, 3.8) is 0 Å². The van der Waals surface area contributed by atoms with Crippen molar-refractivity contribution < 1.29 is 23.8 Å². The van der Waals surface area contributed by atoms with Crippen molar-refractivity contribution in [3.8, 4) is 0 Å². The molecule has 3 rings (SSSR count). The molecule has 5 nitrogen and oxygen atoms in total. The van der Waals surface area contributed by atoms with E-state index in [1.54, 1.807) is 0 Å². The number of aliphatic hydroxyl groups is 1. The Morgan fingerprint density at radius 3 is 2.50 bits per heavy atom. The average molecular weight is 365 g/mol. The predicted molar refractivity (Wildman–Crippen MR) is 101 cm³/mol. The van der Waals surface area contributed by atoms with Crippen molar-refractivity contribution in [1.29, 1.82) is 0 Å². The Bertz CT molecular complexity index is 559. The van der Waals surface area contributed by atoms with E-state index in [0.717, 1.165) is 25.7 Å². The summed E-state index contributed by atoms with van der Waals surface area (Å²) in [6.07, 6.45) is 2.43. The molecule has 0 bridgehead atoms. The van der Waals surface area contributed by atoms with E-state index in [2.05, 4.69) is 40.2 Å². The summed E-state index contributed by atoms with van der Waals surface area (Å²) in [5.74, 6) is 0. The Morgan fingerprint density at radius 2 is 1.85 bits per heavy atom. The van der Waals surface area contributed by atoms with Crippen LogP contribution in [0.25, 0.3) is 0 Å². The highest BCUT2D eigenvalue weighted by Gasteiger charge is 2.54. The Hall–Kier alpha value is -0.980. The third-order valence-electron chi connectivity index (χ3n) is 5.52. The molecule has 0 aromatic heterocycles. The maximum absolute atomic E-state index is 11.2. The molecule has 2 fully saturated rings. The number of hydrogen-bond donors (Lipinski definition) is 1. The zero-order valence-electron chi connectivity index (χ0n) is 16.5. The first kappa shape index (κ1) is 19.8. The van der Waals surface area contributed by atoms with E-state index >= 15 is 0 Å². The van der Waals surface area contributed by atoms with Gasteiger partial charge in [-0.2, -0.15) is 0 Å². The minimum Gasteiger partial charge on any atom is -0.384 e. The fourth-order valence-corrected chi connectivity index (χ4v) is 4.10. The summed E-state index contributed by atoms with van der Waals surface area (Å²) in [6.45, 7) is 2.81. The van der Waals surface area contributed by atoms with Gasteiger partial charge in [0.15, 0.2) is 6.04 Å². The summed E-state index contributed by atoms with van der Waals surface area (Å²) >= 11 is 0. The molecular formula is C21H34NO4+. The molecule has 0 amide bonds. The Balaban J connectivity index is 1.75. The van der Waals surface area contributed by atoms with Gasteiger partial charge in [0.2, 0.25) is 6.29 Å². The van der Waals surface area contributed by atoms with Gasteiger partial charge in [-0.1, -0.05) is 43.7 Å². The molecule has 26 heavy (non-hydrogen) atoms. The van der Waals surface area contributed by atoms with Crippen LogP contribution >= 0.6 is 0 Å². The van der Waals surface area contributed by atoms with E-state index in [0.29, 0.717) is 11.1 Å². The molecule has 2 aliphatic rings. The van der Waals surface area contributed by atoms with E-state index in [1.807, 2.05) is 18.2 Å². The Morgan fingerprint density at radius 1 is 1.12 bits per heavy atom. The quantitative estimate of drug-likeness (QED) is 0.623. The normalized spacial score (nSPS) is 35.1. The summed E-state index contributed by atoms with van der Waals surface area (Å²) in [5.41, 5.74) is 1.17. The van der Waals surface area contributed by atoms with E-state index < -0.39 is 12.4 Å². The van der Waals surface area contributed by atoms with Crippen molar-refractivity contribution >= 4 is 0 Å². The van der Waals surface area contributed by atoms with E-state index in [9.17, 15) is 5.11 Å². The molecule has 1 aromatic carbocycles. The van der Waals surface area contributed by atoms with Gasteiger partial charge in [-0.25, -0.2) is 0 Å². The van der Waals surface area contributed by atoms with Gasteiger partial charge in [-0.05, 0) is 24.8 Å². The van der Waals surface area contributed by atoms with Crippen LogP contribution < -0.4 is 0 Å². The zero-order valence-corrected chi connectivity index (χ0v) is 16.5. The van der Waals surface area contributed by atoms with Crippen molar-refractivity contribution in [1.82, 2.24) is 0 Å². The summed E-state index contributed by atoms with van der Waals surface area (Å²) in [4.78, 5) is 0. The molecule has 5 heteroatoms.